The highest BCUT2D eigenvalue weighted by Crippen LogP contribution is 2.31. The van der Waals surface area contributed by atoms with E-state index in [0.29, 0.717) is 12.6 Å². The molecule has 3 heteroatoms. The van der Waals surface area contributed by atoms with Gasteiger partial charge in [-0.25, -0.2) is 0 Å². The Morgan fingerprint density at radius 1 is 1.35 bits per heavy atom. The predicted octanol–water partition coefficient (Wildman–Crippen LogP) is 3.00. The van der Waals surface area contributed by atoms with Gasteiger partial charge in [0.05, 0.1) is 5.41 Å². The number of aliphatic carboxylic acids is 1. The normalized spacial score (nSPS) is 28.3. The van der Waals surface area contributed by atoms with E-state index in [4.69, 9.17) is 0 Å². The molecule has 1 aliphatic heterocycles. The molecule has 3 nitrogen and oxygen atoms in total. The second-order valence-electron chi connectivity index (χ2n) is 6.26. The fourth-order valence-electron chi connectivity index (χ4n) is 2.59. The number of likely N-dealkylation sites (tertiary alicyclic amines) is 1. The Balaban J connectivity index is 2.51. The molecule has 0 aromatic rings. The summed E-state index contributed by atoms with van der Waals surface area (Å²) >= 11 is 0. The molecular weight excluding hydrogens is 214 g/mol. The van der Waals surface area contributed by atoms with E-state index in [-0.39, 0.29) is 0 Å². The number of carboxylic acids is 1. The molecule has 1 N–H and O–H groups in total. The van der Waals surface area contributed by atoms with Gasteiger partial charge in [0.25, 0.3) is 0 Å². The molecule has 1 rings (SSSR count). The van der Waals surface area contributed by atoms with Gasteiger partial charge in [-0.15, -0.1) is 0 Å². The third-order valence-electron chi connectivity index (χ3n) is 4.03. The van der Waals surface area contributed by atoms with Gasteiger partial charge in [0.2, 0.25) is 0 Å². The van der Waals surface area contributed by atoms with Crippen molar-refractivity contribution < 1.29 is 9.90 Å². The first-order valence-corrected chi connectivity index (χ1v) is 6.82. The Labute approximate surface area is 105 Å². The van der Waals surface area contributed by atoms with Crippen molar-refractivity contribution in [3.8, 4) is 0 Å². The van der Waals surface area contributed by atoms with E-state index < -0.39 is 11.4 Å². The third kappa shape index (κ3) is 3.98. The fraction of sp³-hybridized carbons (Fsp3) is 0.929. The van der Waals surface area contributed by atoms with Crippen LogP contribution in [0.5, 0.6) is 0 Å². The van der Waals surface area contributed by atoms with Crippen molar-refractivity contribution >= 4 is 5.97 Å². The molecule has 0 aliphatic carbocycles. The number of carbonyl (C=O) groups is 1. The van der Waals surface area contributed by atoms with Crippen molar-refractivity contribution in [3.05, 3.63) is 0 Å². The van der Waals surface area contributed by atoms with Gasteiger partial charge in [0.15, 0.2) is 0 Å². The minimum atomic E-state index is -0.641. The molecule has 0 aromatic heterocycles. The highest BCUT2D eigenvalue weighted by molar-refractivity contribution is 5.74. The number of rotatable bonds is 5. The topological polar surface area (TPSA) is 40.5 Å². The Kier molecular flexibility index (Phi) is 4.99. The molecule has 2 unspecified atom stereocenters. The molecule has 100 valence electrons. The molecule has 1 heterocycles. The van der Waals surface area contributed by atoms with Crippen LogP contribution in [0.2, 0.25) is 0 Å². The Bertz CT molecular complexity index is 265. The molecule has 1 fully saturated rings. The number of nitrogens with zero attached hydrogens (tertiary/aromatic N) is 1. The van der Waals surface area contributed by atoms with Crippen LogP contribution in [0.1, 0.15) is 53.4 Å². The van der Waals surface area contributed by atoms with Crippen LogP contribution < -0.4 is 0 Å². The lowest BCUT2D eigenvalue weighted by Gasteiger charge is -2.41. The van der Waals surface area contributed by atoms with E-state index in [1.54, 1.807) is 0 Å². The van der Waals surface area contributed by atoms with E-state index in [1.165, 1.54) is 12.8 Å². The summed E-state index contributed by atoms with van der Waals surface area (Å²) in [5.74, 6) is 0.0892. The maximum atomic E-state index is 11.3. The summed E-state index contributed by atoms with van der Waals surface area (Å²) in [4.78, 5) is 13.6. The fourth-order valence-corrected chi connectivity index (χ4v) is 2.59. The summed E-state index contributed by atoms with van der Waals surface area (Å²) in [5.41, 5.74) is -0.537. The molecule has 0 aromatic carbocycles. The van der Waals surface area contributed by atoms with E-state index in [1.807, 2.05) is 6.92 Å². The zero-order chi connectivity index (χ0) is 13.1. The first kappa shape index (κ1) is 14.5. The van der Waals surface area contributed by atoms with Crippen LogP contribution in [0.4, 0.5) is 0 Å². The van der Waals surface area contributed by atoms with Crippen LogP contribution in [-0.4, -0.2) is 35.1 Å². The average molecular weight is 241 g/mol. The van der Waals surface area contributed by atoms with Gasteiger partial charge in [-0.2, -0.15) is 0 Å². The molecule has 0 spiro atoms. The van der Waals surface area contributed by atoms with E-state index >= 15 is 0 Å². The number of piperidine rings is 1. The number of hydrogen-bond acceptors (Lipinski definition) is 2. The van der Waals surface area contributed by atoms with Gasteiger partial charge >= 0.3 is 5.97 Å². The van der Waals surface area contributed by atoms with Gasteiger partial charge in [-0.1, -0.05) is 13.8 Å². The summed E-state index contributed by atoms with van der Waals surface area (Å²) < 4.78 is 0. The minimum Gasteiger partial charge on any atom is -0.481 e. The summed E-state index contributed by atoms with van der Waals surface area (Å²) in [6.07, 6.45) is 4.22. The van der Waals surface area contributed by atoms with Crippen molar-refractivity contribution in [2.45, 2.75) is 59.4 Å². The second-order valence-corrected chi connectivity index (χ2v) is 6.26. The standard InChI is InChI=1S/C14H27NO2/c1-11(2)6-7-12(3)15-9-5-8-14(4,10-15)13(16)17/h11-12H,5-10H2,1-4H3,(H,16,17). The average Bonchev–Trinajstić information content (AvgIpc) is 2.25. The Morgan fingerprint density at radius 2 is 2.00 bits per heavy atom. The first-order chi connectivity index (χ1) is 7.85. The predicted molar refractivity (Wildman–Crippen MR) is 70.1 cm³/mol. The second kappa shape index (κ2) is 5.85. The molecule has 2 atom stereocenters. The highest BCUT2D eigenvalue weighted by Gasteiger charge is 2.38. The first-order valence-electron chi connectivity index (χ1n) is 6.82. The maximum absolute atomic E-state index is 11.3. The smallest absolute Gasteiger partial charge is 0.310 e. The summed E-state index contributed by atoms with van der Waals surface area (Å²) in [6, 6.07) is 0.511. The maximum Gasteiger partial charge on any atom is 0.310 e. The van der Waals surface area contributed by atoms with Gasteiger partial charge < -0.3 is 5.11 Å². The Morgan fingerprint density at radius 3 is 2.53 bits per heavy atom. The monoisotopic (exact) mass is 241 g/mol. The lowest BCUT2D eigenvalue weighted by molar-refractivity contribution is -0.151. The minimum absolute atomic E-state index is 0.511. The van der Waals surface area contributed by atoms with Crippen molar-refractivity contribution in [2.75, 3.05) is 13.1 Å². The highest BCUT2D eigenvalue weighted by atomic mass is 16.4. The van der Waals surface area contributed by atoms with Crippen molar-refractivity contribution in [1.82, 2.24) is 4.90 Å². The van der Waals surface area contributed by atoms with Crippen LogP contribution in [-0.2, 0) is 4.79 Å². The zero-order valence-corrected chi connectivity index (χ0v) is 11.7. The molecule has 0 radical (unpaired) electrons. The van der Waals surface area contributed by atoms with Gasteiger partial charge in [0.1, 0.15) is 0 Å². The van der Waals surface area contributed by atoms with Crippen LogP contribution in [0.3, 0.4) is 0 Å². The lowest BCUT2D eigenvalue weighted by atomic mass is 9.81. The van der Waals surface area contributed by atoms with Crippen LogP contribution in [0.25, 0.3) is 0 Å². The molecule has 1 aliphatic rings. The largest absolute Gasteiger partial charge is 0.481 e. The van der Waals surface area contributed by atoms with E-state index in [2.05, 4.69) is 25.7 Å². The number of carboxylic acid groups (broad SMARTS) is 1. The van der Waals surface area contributed by atoms with Crippen molar-refractivity contribution in [2.24, 2.45) is 11.3 Å². The summed E-state index contributed by atoms with van der Waals surface area (Å²) in [6.45, 7) is 10.4. The van der Waals surface area contributed by atoms with Gasteiger partial charge in [-0.3, -0.25) is 9.69 Å². The summed E-state index contributed by atoms with van der Waals surface area (Å²) in [5, 5.41) is 9.29. The van der Waals surface area contributed by atoms with Crippen molar-refractivity contribution in [1.29, 1.82) is 0 Å². The SMILES string of the molecule is CC(C)CCC(C)N1CCCC(C)(C(=O)O)C1. The van der Waals surface area contributed by atoms with Crippen LogP contribution in [0.15, 0.2) is 0 Å². The van der Waals surface area contributed by atoms with Gasteiger partial charge in [0, 0.05) is 12.6 Å². The molecule has 0 saturated carbocycles. The quantitative estimate of drug-likeness (QED) is 0.804. The van der Waals surface area contributed by atoms with E-state index in [0.717, 1.165) is 25.3 Å². The molecule has 17 heavy (non-hydrogen) atoms. The molecular formula is C14H27NO2. The lowest BCUT2D eigenvalue weighted by Crippen LogP contribution is -2.49. The molecule has 0 bridgehead atoms. The summed E-state index contributed by atoms with van der Waals surface area (Å²) in [7, 11) is 0. The molecule has 1 saturated heterocycles. The van der Waals surface area contributed by atoms with E-state index in [9.17, 15) is 9.90 Å². The zero-order valence-electron chi connectivity index (χ0n) is 11.7. The van der Waals surface area contributed by atoms with Gasteiger partial charge in [-0.05, 0) is 52.0 Å². The Hall–Kier alpha value is -0.570. The molecule has 0 amide bonds. The number of hydrogen-bond donors (Lipinski definition) is 1. The third-order valence-corrected chi connectivity index (χ3v) is 4.03. The van der Waals surface area contributed by atoms with Crippen LogP contribution in [0, 0.1) is 11.3 Å². The van der Waals surface area contributed by atoms with Crippen molar-refractivity contribution in [3.63, 3.8) is 0 Å². The van der Waals surface area contributed by atoms with Crippen LogP contribution >= 0.6 is 0 Å².